The first-order valence-electron chi connectivity index (χ1n) is 4.92. The van der Waals surface area contributed by atoms with Gasteiger partial charge in [-0.25, -0.2) is 0 Å². The summed E-state index contributed by atoms with van der Waals surface area (Å²) in [5, 5.41) is 9.05. The minimum Gasteiger partial charge on any atom is -0.481 e. The van der Waals surface area contributed by atoms with Gasteiger partial charge < -0.3 is 5.11 Å². The average molecular weight is 190 g/mol. The van der Waals surface area contributed by atoms with Crippen molar-refractivity contribution in [1.29, 1.82) is 0 Å². The standard InChI is InChI=1S/C12H14O2/c1-7-4-3-5-9-8(2)11(12(13)14)6-10(7)9/h3-5,8,11H,6H2,1-2H3,(H,13,14). The summed E-state index contributed by atoms with van der Waals surface area (Å²) in [6.07, 6.45) is 0.693. The Labute approximate surface area is 83.6 Å². The molecule has 2 rings (SSSR count). The summed E-state index contributed by atoms with van der Waals surface area (Å²) in [5.41, 5.74) is 3.68. The third kappa shape index (κ3) is 1.22. The Morgan fingerprint density at radius 2 is 2.21 bits per heavy atom. The fourth-order valence-electron chi connectivity index (χ4n) is 2.35. The average Bonchev–Trinajstić information content (AvgIpc) is 2.46. The van der Waals surface area contributed by atoms with Crippen molar-refractivity contribution in [3.8, 4) is 0 Å². The van der Waals surface area contributed by atoms with E-state index in [1.165, 1.54) is 16.7 Å². The van der Waals surface area contributed by atoms with Gasteiger partial charge in [-0.1, -0.05) is 25.1 Å². The normalized spacial score (nSPS) is 24.7. The van der Waals surface area contributed by atoms with E-state index in [2.05, 4.69) is 19.1 Å². The molecule has 2 atom stereocenters. The number of hydrogen-bond acceptors (Lipinski definition) is 1. The van der Waals surface area contributed by atoms with E-state index in [0.29, 0.717) is 6.42 Å². The van der Waals surface area contributed by atoms with Crippen LogP contribution in [0.5, 0.6) is 0 Å². The molecular weight excluding hydrogens is 176 g/mol. The number of benzene rings is 1. The van der Waals surface area contributed by atoms with Gasteiger partial charge in [0, 0.05) is 0 Å². The van der Waals surface area contributed by atoms with E-state index >= 15 is 0 Å². The van der Waals surface area contributed by atoms with E-state index in [-0.39, 0.29) is 11.8 Å². The van der Waals surface area contributed by atoms with Crippen LogP contribution in [0, 0.1) is 12.8 Å². The van der Waals surface area contributed by atoms with Crippen LogP contribution >= 0.6 is 0 Å². The summed E-state index contributed by atoms with van der Waals surface area (Å²) in [6, 6.07) is 6.11. The minimum atomic E-state index is -0.673. The second kappa shape index (κ2) is 3.12. The Bertz CT molecular complexity index is 382. The van der Waals surface area contributed by atoms with Crippen molar-refractivity contribution in [2.45, 2.75) is 26.2 Å². The van der Waals surface area contributed by atoms with Crippen LogP contribution in [0.15, 0.2) is 18.2 Å². The molecule has 1 aromatic carbocycles. The van der Waals surface area contributed by atoms with Crippen molar-refractivity contribution >= 4 is 5.97 Å². The quantitative estimate of drug-likeness (QED) is 0.738. The molecule has 0 saturated heterocycles. The molecule has 2 unspecified atom stereocenters. The van der Waals surface area contributed by atoms with Crippen LogP contribution < -0.4 is 0 Å². The van der Waals surface area contributed by atoms with E-state index < -0.39 is 5.97 Å². The molecule has 0 saturated carbocycles. The highest BCUT2D eigenvalue weighted by Crippen LogP contribution is 2.38. The van der Waals surface area contributed by atoms with Crippen molar-refractivity contribution in [3.63, 3.8) is 0 Å². The number of hydrogen-bond donors (Lipinski definition) is 1. The SMILES string of the molecule is Cc1cccc2c1CC(C(=O)O)C2C. The number of rotatable bonds is 1. The minimum absolute atomic E-state index is 0.155. The number of carboxylic acid groups (broad SMARTS) is 1. The van der Waals surface area contributed by atoms with Gasteiger partial charge in [0.05, 0.1) is 5.92 Å². The molecular formula is C12H14O2. The number of aryl methyl sites for hydroxylation is 1. The van der Waals surface area contributed by atoms with Crippen LogP contribution in [0.25, 0.3) is 0 Å². The molecule has 0 radical (unpaired) electrons. The zero-order chi connectivity index (χ0) is 10.3. The molecule has 0 heterocycles. The van der Waals surface area contributed by atoms with Crippen molar-refractivity contribution in [3.05, 3.63) is 34.9 Å². The fraction of sp³-hybridized carbons (Fsp3) is 0.417. The molecule has 0 fully saturated rings. The molecule has 1 aliphatic carbocycles. The summed E-state index contributed by atoms with van der Waals surface area (Å²) in [5.74, 6) is -0.749. The molecule has 0 aromatic heterocycles. The van der Waals surface area contributed by atoms with Gasteiger partial charge >= 0.3 is 5.97 Å². The van der Waals surface area contributed by atoms with Gasteiger partial charge in [-0.3, -0.25) is 4.79 Å². The zero-order valence-corrected chi connectivity index (χ0v) is 8.45. The Kier molecular flexibility index (Phi) is 2.06. The molecule has 1 aromatic rings. The first kappa shape index (κ1) is 9.25. The number of carbonyl (C=O) groups is 1. The fourth-order valence-corrected chi connectivity index (χ4v) is 2.35. The van der Waals surface area contributed by atoms with Gasteiger partial charge in [0.25, 0.3) is 0 Å². The lowest BCUT2D eigenvalue weighted by molar-refractivity contribution is -0.142. The highest BCUT2D eigenvalue weighted by molar-refractivity contribution is 5.73. The van der Waals surface area contributed by atoms with E-state index in [9.17, 15) is 4.79 Å². The van der Waals surface area contributed by atoms with Crippen LogP contribution in [0.4, 0.5) is 0 Å². The third-order valence-electron chi connectivity index (χ3n) is 3.28. The zero-order valence-electron chi connectivity index (χ0n) is 8.45. The van der Waals surface area contributed by atoms with E-state index in [0.717, 1.165) is 0 Å². The Balaban J connectivity index is 2.45. The highest BCUT2D eigenvalue weighted by Gasteiger charge is 2.34. The van der Waals surface area contributed by atoms with Gasteiger partial charge in [0.15, 0.2) is 0 Å². The van der Waals surface area contributed by atoms with E-state index in [1.54, 1.807) is 0 Å². The summed E-state index contributed by atoms with van der Waals surface area (Å²) in [6.45, 7) is 4.06. The van der Waals surface area contributed by atoms with Crippen LogP contribution in [-0.4, -0.2) is 11.1 Å². The summed E-state index contributed by atoms with van der Waals surface area (Å²) >= 11 is 0. The molecule has 0 bridgehead atoms. The number of fused-ring (bicyclic) bond motifs is 1. The lowest BCUT2D eigenvalue weighted by atomic mass is 9.95. The van der Waals surface area contributed by atoms with Gasteiger partial charge in [-0.15, -0.1) is 0 Å². The first-order chi connectivity index (χ1) is 6.61. The van der Waals surface area contributed by atoms with Gasteiger partial charge in [-0.05, 0) is 36.0 Å². The van der Waals surface area contributed by atoms with Crippen molar-refractivity contribution in [2.24, 2.45) is 5.92 Å². The molecule has 0 amide bonds. The van der Waals surface area contributed by atoms with Crippen LogP contribution in [0.3, 0.4) is 0 Å². The van der Waals surface area contributed by atoms with Crippen molar-refractivity contribution in [1.82, 2.24) is 0 Å². The molecule has 2 heteroatoms. The number of aliphatic carboxylic acids is 1. The molecule has 14 heavy (non-hydrogen) atoms. The lowest BCUT2D eigenvalue weighted by Crippen LogP contribution is -2.16. The van der Waals surface area contributed by atoms with Gasteiger partial charge in [0.2, 0.25) is 0 Å². The van der Waals surface area contributed by atoms with Crippen molar-refractivity contribution in [2.75, 3.05) is 0 Å². The molecule has 2 nitrogen and oxygen atoms in total. The molecule has 0 spiro atoms. The maximum absolute atomic E-state index is 11.0. The van der Waals surface area contributed by atoms with Crippen molar-refractivity contribution < 1.29 is 9.90 Å². The number of carboxylic acids is 1. The molecule has 74 valence electrons. The molecule has 0 aliphatic heterocycles. The van der Waals surface area contributed by atoms with Crippen LogP contribution in [0.2, 0.25) is 0 Å². The maximum atomic E-state index is 11.0. The summed E-state index contributed by atoms with van der Waals surface area (Å²) in [4.78, 5) is 11.0. The van der Waals surface area contributed by atoms with Gasteiger partial charge in [-0.2, -0.15) is 0 Å². The van der Waals surface area contributed by atoms with Gasteiger partial charge in [0.1, 0.15) is 0 Å². The maximum Gasteiger partial charge on any atom is 0.307 e. The van der Waals surface area contributed by atoms with E-state index in [4.69, 9.17) is 5.11 Å². The van der Waals surface area contributed by atoms with Crippen LogP contribution in [0.1, 0.15) is 29.5 Å². The Morgan fingerprint density at radius 1 is 1.50 bits per heavy atom. The largest absolute Gasteiger partial charge is 0.481 e. The monoisotopic (exact) mass is 190 g/mol. The summed E-state index contributed by atoms with van der Waals surface area (Å²) in [7, 11) is 0. The lowest BCUT2D eigenvalue weighted by Gasteiger charge is -2.09. The second-order valence-electron chi connectivity index (χ2n) is 4.08. The first-order valence-corrected chi connectivity index (χ1v) is 4.92. The summed E-state index contributed by atoms with van der Waals surface area (Å²) < 4.78 is 0. The Morgan fingerprint density at radius 3 is 2.79 bits per heavy atom. The smallest absolute Gasteiger partial charge is 0.307 e. The predicted octanol–water partition coefficient (Wildman–Crippen LogP) is 2.36. The van der Waals surface area contributed by atoms with Crippen LogP contribution in [-0.2, 0) is 11.2 Å². The predicted molar refractivity (Wildman–Crippen MR) is 54.4 cm³/mol. The third-order valence-corrected chi connectivity index (χ3v) is 3.28. The topological polar surface area (TPSA) is 37.3 Å². The second-order valence-corrected chi connectivity index (χ2v) is 4.08. The highest BCUT2D eigenvalue weighted by atomic mass is 16.4. The molecule has 1 N–H and O–H groups in total. The van der Waals surface area contributed by atoms with E-state index in [1.807, 2.05) is 13.0 Å². The Hall–Kier alpha value is -1.31. The molecule has 1 aliphatic rings.